The number of nitrogens with one attached hydrogen (secondary N) is 1. The van der Waals surface area contributed by atoms with Gasteiger partial charge < -0.3 is 15.8 Å². The average molecular weight is 511 g/mol. The average Bonchev–Trinajstić information content (AvgIpc) is 3.17. The second-order valence-electron chi connectivity index (χ2n) is 7.94. The Hall–Kier alpha value is -3.69. The molecule has 0 atom stereocenters. The summed E-state index contributed by atoms with van der Waals surface area (Å²) in [6.45, 7) is 3.92. The molecule has 0 bridgehead atoms. The molecule has 0 fully saturated rings. The van der Waals surface area contributed by atoms with Crippen molar-refractivity contribution in [2.24, 2.45) is 0 Å². The molecular formula is C26H23FN2O4S2. The van der Waals surface area contributed by atoms with Crippen molar-refractivity contribution in [1.29, 1.82) is 0 Å². The number of nitrogen functional groups attached to an aromatic ring is 1. The second kappa shape index (κ2) is 9.52. The number of halogens is 1. The van der Waals surface area contributed by atoms with Crippen molar-refractivity contribution < 1.29 is 22.3 Å². The van der Waals surface area contributed by atoms with Gasteiger partial charge in [0, 0.05) is 11.3 Å². The van der Waals surface area contributed by atoms with Gasteiger partial charge in [-0.05, 0) is 85.6 Å². The number of rotatable bonds is 7. The summed E-state index contributed by atoms with van der Waals surface area (Å²) in [7, 11) is -2.62. The lowest BCUT2D eigenvalue weighted by Crippen LogP contribution is -2.08. The van der Waals surface area contributed by atoms with Gasteiger partial charge in [-0.2, -0.15) is 0 Å². The van der Waals surface area contributed by atoms with Crippen molar-refractivity contribution in [1.82, 2.24) is 0 Å². The molecule has 0 unspecified atom stereocenters. The number of hydrogen-bond donors (Lipinski definition) is 2. The van der Waals surface area contributed by atoms with Crippen LogP contribution in [0.5, 0.6) is 5.75 Å². The van der Waals surface area contributed by atoms with Gasteiger partial charge in [-0.15, -0.1) is 11.3 Å². The first-order valence-corrected chi connectivity index (χ1v) is 12.9. The summed E-state index contributed by atoms with van der Waals surface area (Å²) in [4.78, 5) is 13.1. The predicted octanol–water partition coefficient (Wildman–Crippen LogP) is 5.90. The van der Waals surface area contributed by atoms with E-state index in [1.54, 1.807) is 0 Å². The normalized spacial score (nSPS) is 11.3. The van der Waals surface area contributed by atoms with Gasteiger partial charge in [-0.25, -0.2) is 12.8 Å². The zero-order valence-corrected chi connectivity index (χ0v) is 20.9. The SMILES string of the molecule is COc1ccc(S(=O)(=O)c2c(Nc3ccc(C)c(C)c3)sc(C(=O)c3ccc(F)cc3)c2N)cc1. The van der Waals surface area contributed by atoms with Crippen LogP contribution in [0.3, 0.4) is 0 Å². The first-order valence-electron chi connectivity index (χ1n) is 10.6. The largest absolute Gasteiger partial charge is 0.497 e. The Morgan fingerprint density at radius 2 is 1.63 bits per heavy atom. The molecule has 4 aromatic rings. The summed E-state index contributed by atoms with van der Waals surface area (Å²) < 4.78 is 45.9. The summed E-state index contributed by atoms with van der Waals surface area (Å²) in [6, 6.07) is 16.6. The smallest absolute Gasteiger partial charge is 0.211 e. The Kier molecular flexibility index (Phi) is 6.64. The maximum atomic E-state index is 13.7. The van der Waals surface area contributed by atoms with Crippen molar-refractivity contribution >= 4 is 43.3 Å². The zero-order chi connectivity index (χ0) is 25.3. The van der Waals surface area contributed by atoms with Crippen molar-refractivity contribution in [2.45, 2.75) is 23.6 Å². The van der Waals surface area contributed by atoms with Gasteiger partial charge in [-0.1, -0.05) is 6.07 Å². The van der Waals surface area contributed by atoms with E-state index >= 15 is 0 Å². The van der Waals surface area contributed by atoms with Gasteiger partial charge in [0.05, 0.1) is 17.7 Å². The van der Waals surface area contributed by atoms with Crippen LogP contribution in [0.4, 0.5) is 20.8 Å². The summed E-state index contributed by atoms with van der Waals surface area (Å²) >= 11 is 0.944. The number of nitrogens with two attached hydrogens (primary N) is 1. The fourth-order valence-corrected chi connectivity index (χ4v) is 6.44. The highest BCUT2D eigenvalue weighted by atomic mass is 32.2. The van der Waals surface area contributed by atoms with Crippen LogP contribution in [0, 0.1) is 19.7 Å². The molecule has 9 heteroatoms. The number of aryl methyl sites for hydroxylation is 2. The summed E-state index contributed by atoms with van der Waals surface area (Å²) in [5.41, 5.74) is 9.12. The van der Waals surface area contributed by atoms with Gasteiger partial charge >= 0.3 is 0 Å². The molecule has 0 radical (unpaired) electrons. The van der Waals surface area contributed by atoms with Crippen LogP contribution in [-0.4, -0.2) is 21.3 Å². The zero-order valence-electron chi connectivity index (χ0n) is 19.3. The lowest BCUT2D eigenvalue weighted by atomic mass is 10.1. The van der Waals surface area contributed by atoms with E-state index in [2.05, 4.69) is 5.32 Å². The van der Waals surface area contributed by atoms with E-state index in [0.717, 1.165) is 22.5 Å². The standard InChI is InChI=1S/C26H23FN2O4S2/c1-15-4-9-19(14-16(15)2)29-26-25(35(31,32)21-12-10-20(33-3)11-13-21)22(28)24(34-26)23(30)17-5-7-18(27)8-6-17/h4-14,29H,28H2,1-3H3. The molecule has 0 amide bonds. The summed E-state index contributed by atoms with van der Waals surface area (Å²) in [6.07, 6.45) is 0. The number of carbonyl (C=O) groups excluding carboxylic acids is 1. The second-order valence-corrected chi connectivity index (χ2v) is 10.8. The molecule has 180 valence electrons. The fraction of sp³-hybridized carbons (Fsp3) is 0.115. The monoisotopic (exact) mass is 510 g/mol. The third-order valence-electron chi connectivity index (χ3n) is 5.62. The van der Waals surface area contributed by atoms with E-state index in [1.807, 2.05) is 32.0 Å². The van der Waals surface area contributed by atoms with E-state index in [9.17, 15) is 17.6 Å². The van der Waals surface area contributed by atoms with Crippen molar-refractivity contribution in [2.75, 3.05) is 18.2 Å². The first-order chi connectivity index (χ1) is 16.6. The minimum atomic E-state index is -4.11. The van der Waals surface area contributed by atoms with E-state index in [4.69, 9.17) is 10.5 Å². The highest BCUT2D eigenvalue weighted by molar-refractivity contribution is 7.92. The lowest BCUT2D eigenvalue weighted by molar-refractivity contribution is 0.104. The van der Waals surface area contributed by atoms with Crippen molar-refractivity contribution in [3.05, 3.63) is 94.1 Å². The van der Waals surface area contributed by atoms with Crippen LogP contribution in [-0.2, 0) is 9.84 Å². The van der Waals surface area contributed by atoms with E-state index < -0.39 is 21.4 Å². The molecule has 3 N–H and O–H groups in total. The topological polar surface area (TPSA) is 98.5 Å². The number of methoxy groups -OCH3 is 1. The molecule has 0 saturated heterocycles. The molecule has 0 spiro atoms. The highest BCUT2D eigenvalue weighted by Crippen LogP contribution is 2.44. The number of ether oxygens (including phenoxy) is 1. The van der Waals surface area contributed by atoms with Crippen molar-refractivity contribution in [3.63, 3.8) is 0 Å². The molecule has 3 aromatic carbocycles. The molecular weight excluding hydrogens is 487 g/mol. The number of thiophene rings is 1. The van der Waals surface area contributed by atoms with Crippen LogP contribution in [0.2, 0.25) is 0 Å². The first kappa shape index (κ1) is 24.4. The predicted molar refractivity (Wildman–Crippen MR) is 136 cm³/mol. The van der Waals surface area contributed by atoms with Crippen molar-refractivity contribution in [3.8, 4) is 5.75 Å². The van der Waals surface area contributed by atoms with Gasteiger partial charge in [0.15, 0.2) is 0 Å². The van der Waals surface area contributed by atoms with Crippen LogP contribution in [0.25, 0.3) is 0 Å². The van der Waals surface area contributed by atoms with Crippen LogP contribution in [0.15, 0.2) is 76.5 Å². The molecule has 0 aliphatic rings. The number of hydrogen-bond acceptors (Lipinski definition) is 7. The molecule has 0 aliphatic carbocycles. The molecule has 1 aromatic heterocycles. The van der Waals surface area contributed by atoms with E-state index in [-0.39, 0.29) is 30.9 Å². The third-order valence-corrected chi connectivity index (χ3v) is 8.72. The van der Waals surface area contributed by atoms with Gasteiger partial charge in [0.2, 0.25) is 15.6 Å². The molecule has 35 heavy (non-hydrogen) atoms. The molecule has 0 saturated carbocycles. The maximum Gasteiger partial charge on any atom is 0.211 e. The maximum absolute atomic E-state index is 13.7. The third kappa shape index (κ3) is 4.78. The summed E-state index contributed by atoms with van der Waals surface area (Å²) in [5.74, 6) is -0.477. The molecule has 6 nitrogen and oxygen atoms in total. The van der Waals surface area contributed by atoms with Crippen LogP contribution >= 0.6 is 11.3 Å². The minimum Gasteiger partial charge on any atom is -0.497 e. The number of benzene rings is 3. The number of carbonyl (C=O) groups is 1. The van der Waals surface area contributed by atoms with Crippen LogP contribution < -0.4 is 15.8 Å². The van der Waals surface area contributed by atoms with Crippen LogP contribution in [0.1, 0.15) is 26.4 Å². The van der Waals surface area contributed by atoms with E-state index in [0.29, 0.717) is 11.4 Å². The highest BCUT2D eigenvalue weighted by Gasteiger charge is 2.32. The number of ketones is 1. The van der Waals surface area contributed by atoms with E-state index in [1.165, 1.54) is 55.6 Å². The fourth-order valence-electron chi connectivity index (χ4n) is 3.50. The molecule has 1 heterocycles. The number of sulfone groups is 1. The van der Waals surface area contributed by atoms with Gasteiger partial charge in [0.25, 0.3) is 0 Å². The Morgan fingerprint density at radius 1 is 0.971 bits per heavy atom. The molecule has 0 aliphatic heterocycles. The Labute approximate surface area is 207 Å². The van der Waals surface area contributed by atoms with Gasteiger partial charge in [0.1, 0.15) is 26.3 Å². The number of anilines is 3. The Morgan fingerprint density at radius 3 is 2.23 bits per heavy atom. The quantitative estimate of drug-likeness (QED) is 0.300. The Balaban J connectivity index is 1.87. The summed E-state index contributed by atoms with van der Waals surface area (Å²) in [5, 5.41) is 3.35. The van der Waals surface area contributed by atoms with Gasteiger partial charge in [-0.3, -0.25) is 4.79 Å². The minimum absolute atomic E-state index is 0.00622. The Bertz CT molecular complexity index is 1510. The lowest BCUT2D eigenvalue weighted by Gasteiger charge is -2.11. The molecule has 4 rings (SSSR count).